The number of aryl methyl sites for hydroxylation is 1. The zero-order valence-electron chi connectivity index (χ0n) is 18.0. The first kappa shape index (κ1) is 22.7. The highest BCUT2D eigenvalue weighted by molar-refractivity contribution is 5.75. The van der Waals surface area contributed by atoms with E-state index in [9.17, 15) is 9.59 Å². The average molecular weight is 431 g/mol. The highest BCUT2D eigenvalue weighted by Crippen LogP contribution is 2.31. The van der Waals surface area contributed by atoms with Gasteiger partial charge in [0.2, 0.25) is 5.91 Å². The largest absolute Gasteiger partial charge is 0.493 e. The number of hydrogen-bond acceptors (Lipinski definition) is 8. The molecule has 1 aliphatic heterocycles. The minimum Gasteiger partial charge on any atom is -0.493 e. The summed E-state index contributed by atoms with van der Waals surface area (Å²) < 4.78 is 16.4. The third-order valence-corrected chi connectivity index (χ3v) is 4.84. The maximum absolute atomic E-state index is 12.4. The SMILES string of the molecule is CCCCOc1ccc(-c2nnc(CCC(=O)NN3CCOCC3)c(=O)[nH]2)cc1OC. The molecule has 0 atom stereocenters. The topological polar surface area (TPSA) is 119 Å². The molecule has 0 aliphatic carbocycles. The molecule has 0 unspecified atom stereocenters. The van der Waals surface area contributed by atoms with Crippen LogP contribution in [-0.2, 0) is 16.0 Å². The maximum Gasteiger partial charge on any atom is 0.273 e. The monoisotopic (exact) mass is 431 g/mol. The van der Waals surface area contributed by atoms with Gasteiger partial charge in [0.25, 0.3) is 5.56 Å². The molecule has 2 heterocycles. The van der Waals surface area contributed by atoms with Crippen molar-refractivity contribution in [1.29, 1.82) is 0 Å². The van der Waals surface area contributed by atoms with Crippen LogP contribution in [0.2, 0.25) is 0 Å². The van der Waals surface area contributed by atoms with Gasteiger partial charge in [-0.05, 0) is 24.6 Å². The number of aromatic nitrogens is 3. The van der Waals surface area contributed by atoms with Crippen LogP contribution in [0.4, 0.5) is 0 Å². The molecule has 0 saturated carbocycles. The van der Waals surface area contributed by atoms with Crippen molar-refractivity contribution in [2.45, 2.75) is 32.6 Å². The van der Waals surface area contributed by atoms with Crippen LogP contribution >= 0.6 is 0 Å². The van der Waals surface area contributed by atoms with Gasteiger partial charge < -0.3 is 19.2 Å². The summed E-state index contributed by atoms with van der Waals surface area (Å²) in [5.74, 6) is 1.35. The standard InChI is InChI=1S/C21H29N5O5/c1-3-4-11-31-17-7-5-15(14-18(17)29-2)20-22-21(28)16(23-24-20)6-8-19(27)25-26-9-12-30-13-10-26/h5,7,14H,3-4,6,8-13H2,1-2H3,(H,25,27)(H,22,24,28). The predicted molar refractivity (Wildman–Crippen MR) is 114 cm³/mol. The second-order valence-electron chi connectivity index (χ2n) is 7.15. The van der Waals surface area contributed by atoms with E-state index in [0.29, 0.717) is 55.8 Å². The molecular weight excluding hydrogens is 402 g/mol. The van der Waals surface area contributed by atoms with Crippen molar-refractivity contribution in [1.82, 2.24) is 25.6 Å². The summed E-state index contributed by atoms with van der Waals surface area (Å²) in [6, 6.07) is 5.32. The van der Waals surface area contributed by atoms with Crippen LogP contribution < -0.4 is 20.5 Å². The van der Waals surface area contributed by atoms with E-state index in [4.69, 9.17) is 14.2 Å². The number of benzene rings is 1. The van der Waals surface area contributed by atoms with Crippen LogP contribution in [0.3, 0.4) is 0 Å². The van der Waals surface area contributed by atoms with Gasteiger partial charge in [0, 0.05) is 31.5 Å². The number of carbonyl (C=O) groups excluding carboxylic acids is 1. The number of hydrogen-bond donors (Lipinski definition) is 2. The zero-order chi connectivity index (χ0) is 22.1. The Hall–Kier alpha value is -2.98. The zero-order valence-corrected chi connectivity index (χ0v) is 18.0. The van der Waals surface area contributed by atoms with Crippen molar-refractivity contribution in [3.05, 3.63) is 34.2 Å². The number of ether oxygens (including phenoxy) is 3. The molecule has 168 valence electrons. The van der Waals surface area contributed by atoms with E-state index < -0.39 is 0 Å². The number of amides is 1. The number of nitrogens with one attached hydrogen (secondary N) is 2. The van der Waals surface area contributed by atoms with Crippen LogP contribution in [0.1, 0.15) is 31.9 Å². The fourth-order valence-electron chi connectivity index (χ4n) is 3.05. The Balaban J connectivity index is 1.62. The molecule has 1 aromatic heterocycles. The number of rotatable bonds is 10. The highest BCUT2D eigenvalue weighted by Gasteiger charge is 2.15. The van der Waals surface area contributed by atoms with Gasteiger partial charge >= 0.3 is 0 Å². The molecule has 10 heteroatoms. The Labute approximate surface area is 180 Å². The fraction of sp³-hybridized carbons (Fsp3) is 0.524. The van der Waals surface area contributed by atoms with Crippen LogP contribution in [0.15, 0.2) is 23.0 Å². The number of carbonyl (C=O) groups is 1. The Morgan fingerprint density at radius 3 is 2.77 bits per heavy atom. The Kier molecular flexibility index (Phi) is 8.36. The highest BCUT2D eigenvalue weighted by atomic mass is 16.5. The lowest BCUT2D eigenvalue weighted by Crippen LogP contribution is -2.48. The quantitative estimate of drug-likeness (QED) is 0.541. The summed E-state index contributed by atoms with van der Waals surface area (Å²) in [4.78, 5) is 27.3. The van der Waals surface area contributed by atoms with E-state index in [2.05, 4.69) is 27.5 Å². The maximum atomic E-state index is 12.4. The minimum atomic E-state index is -0.369. The van der Waals surface area contributed by atoms with Gasteiger partial charge in [0.15, 0.2) is 17.3 Å². The van der Waals surface area contributed by atoms with Crippen molar-refractivity contribution in [2.75, 3.05) is 40.0 Å². The molecule has 1 saturated heterocycles. The summed E-state index contributed by atoms with van der Waals surface area (Å²) in [6.07, 6.45) is 2.34. The average Bonchev–Trinajstić information content (AvgIpc) is 2.79. The summed E-state index contributed by atoms with van der Waals surface area (Å²) in [5.41, 5.74) is 3.31. The van der Waals surface area contributed by atoms with Gasteiger partial charge in [-0.15, -0.1) is 10.2 Å². The molecule has 1 aliphatic rings. The molecular formula is C21H29N5O5. The van der Waals surface area contributed by atoms with Crippen molar-refractivity contribution in [3.8, 4) is 22.9 Å². The van der Waals surface area contributed by atoms with Crippen LogP contribution in [0.5, 0.6) is 11.5 Å². The molecule has 0 radical (unpaired) electrons. The molecule has 1 amide bonds. The van der Waals surface area contributed by atoms with E-state index in [-0.39, 0.29) is 30.0 Å². The van der Waals surface area contributed by atoms with Crippen LogP contribution in [0, 0.1) is 0 Å². The first-order valence-corrected chi connectivity index (χ1v) is 10.5. The van der Waals surface area contributed by atoms with E-state index in [1.165, 1.54) is 0 Å². The second-order valence-corrected chi connectivity index (χ2v) is 7.15. The number of nitrogens with zero attached hydrogens (tertiary/aromatic N) is 3. The number of methoxy groups -OCH3 is 1. The smallest absolute Gasteiger partial charge is 0.273 e. The van der Waals surface area contributed by atoms with E-state index in [1.807, 2.05) is 5.01 Å². The first-order valence-electron chi connectivity index (χ1n) is 10.5. The summed E-state index contributed by atoms with van der Waals surface area (Å²) in [6.45, 7) is 5.17. The lowest BCUT2D eigenvalue weighted by atomic mass is 10.2. The van der Waals surface area contributed by atoms with Gasteiger partial charge in [-0.2, -0.15) is 0 Å². The van der Waals surface area contributed by atoms with Crippen molar-refractivity contribution in [3.63, 3.8) is 0 Å². The summed E-state index contributed by atoms with van der Waals surface area (Å²) >= 11 is 0. The normalized spacial score (nSPS) is 14.3. The lowest BCUT2D eigenvalue weighted by molar-refractivity contribution is -0.127. The van der Waals surface area contributed by atoms with Gasteiger partial charge in [0.05, 0.1) is 26.9 Å². The minimum absolute atomic E-state index is 0.145. The molecule has 3 rings (SSSR count). The molecule has 0 bridgehead atoms. The van der Waals surface area contributed by atoms with E-state index in [0.717, 1.165) is 12.8 Å². The van der Waals surface area contributed by atoms with Crippen molar-refractivity contribution in [2.24, 2.45) is 0 Å². The molecule has 0 spiro atoms. The molecule has 2 aromatic rings. The van der Waals surface area contributed by atoms with Gasteiger partial charge in [-0.25, -0.2) is 5.01 Å². The second kappa shape index (κ2) is 11.4. The van der Waals surface area contributed by atoms with Crippen LogP contribution in [-0.4, -0.2) is 66.1 Å². The predicted octanol–water partition coefficient (Wildman–Crippen LogP) is 1.32. The molecule has 10 nitrogen and oxygen atoms in total. The first-order chi connectivity index (χ1) is 15.1. The summed E-state index contributed by atoms with van der Waals surface area (Å²) in [5, 5.41) is 9.97. The third kappa shape index (κ3) is 6.50. The van der Waals surface area contributed by atoms with Gasteiger partial charge in [0.1, 0.15) is 5.69 Å². The Morgan fingerprint density at radius 2 is 2.06 bits per heavy atom. The van der Waals surface area contributed by atoms with Crippen LogP contribution in [0.25, 0.3) is 11.4 Å². The lowest BCUT2D eigenvalue weighted by Gasteiger charge is -2.26. The fourth-order valence-corrected chi connectivity index (χ4v) is 3.05. The Bertz CT molecular complexity index is 927. The third-order valence-electron chi connectivity index (χ3n) is 4.84. The number of morpholine rings is 1. The van der Waals surface area contributed by atoms with Gasteiger partial charge in [-0.3, -0.25) is 15.0 Å². The molecule has 31 heavy (non-hydrogen) atoms. The van der Waals surface area contributed by atoms with E-state index >= 15 is 0 Å². The number of hydrazine groups is 1. The van der Waals surface area contributed by atoms with Crippen molar-refractivity contribution < 1.29 is 19.0 Å². The summed E-state index contributed by atoms with van der Waals surface area (Å²) in [7, 11) is 1.56. The molecule has 1 aromatic carbocycles. The van der Waals surface area contributed by atoms with E-state index in [1.54, 1.807) is 25.3 Å². The van der Waals surface area contributed by atoms with Crippen molar-refractivity contribution >= 4 is 5.91 Å². The Morgan fingerprint density at radius 1 is 1.26 bits per heavy atom. The van der Waals surface area contributed by atoms with Gasteiger partial charge in [-0.1, -0.05) is 13.3 Å². The number of unbranched alkanes of at least 4 members (excludes halogenated alkanes) is 1. The number of aromatic amines is 1. The number of H-pyrrole nitrogens is 1. The molecule has 2 N–H and O–H groups in total. The molecule has 1 fully saturated rings.